The van der Waals surface area contributed by atoms with Crippen molar-refractivity contribution in [3.8, 4) is 17.1 Å². The summed E-state index contributed by atoms with van der Waals surface area (Å²) in [5.41, 5.74) is 2.99. The standard InChI is InChI=1S/C18H20N4O/c1-23-15-5-2-4-13(12-15)17-21-16-6-3-9-20-18(16)22(17)14-7-10-19-11-8-14/h2-6,9,12,14,19H,7-8,10-11H2,1H3. The predicted molar refractivity (Wildman–Crippen MR) is 90.7 cm³/mol. The van der Waals surface area contributed by atoms with E-state index in [4.69, 9.17) is 9.72 Å². The highest BCUT2D eigenvalue weighted by molar-refractivity contribution is 5.77. The number of imidazole rings is 1. The summed E-state index contributed by atoms with van der Waals surface area (Å²) in [5.74, 6) is 1.82. The van der Waals surface area contributed by atoms with Crippen molar-refractivity contribution in [1.29, 1.82) is 0 Å². The number of hydrogen-bond acceptors (Lipinski definition) is 4. The van der Waals surface area contributed by atoms with Crippen molar-refractivity contribution in [2.45, 2.75) is 18.9 Å². The zero-order valence-corrected chi connectivity index (χ0v) is 13.2. The largest absolute Gasteiger partial charge is 0.497 e. The first-order chi connectivity index (χ1) is 11.4. The first-order valence-electron chi connectivity index (χ1n) is 8.05. The fourth-order valence-electron chi connectivity index (χ4n) is 3.31. The molecule has 3 heterocycles. The van der Waals surface area contributed by atoms with E-state index in [1.54, 1.807) is 7.11 Å². The molecule has 0 unspecified atom stereocenters. The third-order valence-electron chi connectivity index (χ3n) is 4.45. The summed E-state index contributed by atoms with van der Waals surface area (Å²) in [7, 11) is 1.69. The van der Waals surface area contributed by atoms with Gasteiger partial charge >= 0.3 is 0 Å². The Balaban J connectivity index is 1.90. The Hall–Kier alpha value is -2.40. The number of rotatable bonds is 3. The number of ether oxygens (including phenoxy) is 1. The molecule has 1 aliphatic heterocycles. The predicted octanol–water partition coefficient (Wildman–Crippen LogP) is 3.03. The topological polar surface area (TPSA) is 52.0 Å². The zero-order valence-electron chi connectivity index (χ0n) is 13.2. The molecule has 0 aliphatic carbocycles. The van der Waals surface area contributed by atoms with Crippen LogP contribution in [0.15, 0.2) is 42.6 Å². The van der Waals surface area contributed by atoms with Gasteiger partial charge in [-0.15, -0.1) is 0 Å². The van der Waals surface area contributed by atoms with Crippen molar-refractivity contribution in [2.24, 2.45) is 0 Å². The maximum atomic E-state index is 5.37. The minimum Gasteiger partial charge on any atom is -0.497 e. The number of fused-ring (bicyclic) bond motifs is 1. The lowest BCUT2D eigenvalue weighted by Gasteiger charge is -2.26. The SMILES string of the molecule is COc1cccc(-c2nc3cccnc3n2C2CCNCC2)c1. The summed E-state index contributed by atoms with van der Waals surface area (Å²) in [6.45, 7) is 2.07. The average molecular weight is 308 g/mol. The van der Waals surface area contributed by atoms with E-state index in [0.29, 0.717) is 6.04 Å². The molecule has 0 radical (unpaired) electrons. The highest BCUT2D eigenvalue weighted by atomic mass is 16.5. The van der Waals surface area contributed by atoms with Crippen molar-refractivity contribution >= 4 is 11.2 Å². The quantitative estimate of drug-likeness (QED) is 0.808. The summed E-state index contributed by atoms with van der Waals surface area (Å²) in [6, 6.07) is 12.5. The molecule has 1 aliphatic rings. The molecule has 0 saturated carbocycles. The minimum atomic E-state index is 0.428. The van der Waals surface area contributed by atoms with Crippen LogP contribution in [0.4, 0.5) is 0 Å². The van der Waals surface area contributed by atoms with Gasteiger partial charge in [0.25, 0.3) is 0 Å². The molecule has 1 fully saturated rings. The molecular formula is C18H20N4O. The second kappa shape index (κ2) is 6.01. The summed E-state index contributed by atoms with van der Waals surface area (Å²) in [6.07, 6.45) is 4.04. The molecule has 23 heavy (non-hydrogen) atoms. The summed E-state index contributed by atoms with van der Waals surface area (Å²) < 4.78 is 7.68. The molecule has 1 saturated heterocycles. The van der Waals surface area contributed by atoms with Crippen molar-refractivity contribution in [2.75, 3.05) is 20.2 Å². The molecule has 118 valence electrons. The Bertz CT molecular complexity index is 821. The van der Waals surface area contributed by atoms with Crippen LogP contribution >= 0.6 is 0 Å². The van der Waals surface area contributed by atoms with Gasteiger partial charge in [0.2, 0.25) is 0 Å². The maximum absolute atomic E-state index is 5.37. The van der Waals surface area contributed by atoms with E-state index in [1.807, 2.05) is 36.5 Å². The molecule has 3 aromatic rings. The van der Waals surface area contributed by atoms with E-state index in [9.17, 15) is 0 Å². The molecule has 1 aromatic carbocycles. The van der Waals surface area contributed by atoms with E-state index in [-0.39, 0.29) is 0 Å². The second-order valence-electron chi connectivity index (χ2n) is 5.86. The molecule has 0 atom stereocenters. The molecule has 5 heteroatoms. The van der Waals surface area contributed by atoms with Gasteiger partial charge in [-0.1, -0.05) is 12.1 Å². The first-order valence-corrected chi connectivity index (χ1v) is 8.05. The fourth-order valence-corrected chi connectivity index (χ4v) is 3.31. The maximum Gasteiger partial charge on any atom is 0.160 e. The summed E-state index contributed by atoms with van der Waals surface area (Å²) in [5, 5.41) is 3.43. The van der Waals surface area contributed by atoms with E-state index in [2.05, 4.69) is 20.9 Å². The monoisotopic (exact) mass is 308 g/mol. The molecule has 0 bridgehead atoms. The Morgan fingerprint density at radius 2 is 2.04 bits per heavy atom. The van der Waals surface area contributed by atoms with E-state index in [0.717, 1.165) is 54.2 Å². The molecule has 0 spiro atoms. The van der Waals surface area contributed by atoms with Crippen molar-refractivity contribution < 1.29 is 4.74 Å². The number of hydrogen-bond donors (Lipinski definition) is 1. The lowest BCUT2D eigenvalue weighted by Crippen LogP contribution is -2.29. The van der Waals surface area contributed by atoms with Gasteiger partial charge in [0.1, 0.15) is 17.1 Å². The van der Waals surface area contributed by atoms with Gasteiger partial charge in [0.15, 0.2) is 5.65 Å². The van der Waals surface area contributed by atoms with Gasteiger partial charge in [-0.2, -0.15) is 0 Å². The van der Waals surface area contributed by atoms with Crippen LogP contribution in [0.3, 0.4) is 0 Å². The van der Waals surface area contributed by atoms with Gasteiger partial charge in [-0.05, 0) is 50.2 Å². The van der Waals surface area contributed by atoms with Crippen LogP contribution < -0.4 is 10.1 Å². The minimum absolute atomic E-state index is 0.428. The van der Waals surface area contributed by atoms with E-state index in [1.165, 1.54) is 0 Å². The third-order valence-corrected chi connectivity index (χ3v) is 4.45. The number of aromatic nitrogens is 3. The van der Waals surface area contributed by atoms with E-state index < -0.39 is 0 Å². The van der Waals surface area contributed by atoms with Crippen LogP contribution in [0.25, 0.3) is 22.6 Å². The molecule has 0 amide bonds. The fraction of sp³-hybridized carbons (Fsp3) is 0.333. The van der Waals surface area contributed by atoms with Crippen LogP contribution in [0.2, 0.25) is 0 Å². The molecule has 1 N–H and O–H groups in total. The van der Waals surface area contributed by atoms with Gasteiger partial charge in [0, 0.05) is 17.8 Å². The summed E-state index contributed by atoms with van der Waals surface area (Å²) in [4.78, 5) is 9.45. The smallest absolute Gasteiger partial charge is 0.160 e. The number of nitrogens with zero attached hydrogens (tertiary/aromatic N) is 3. The van der Waals surface area contributed by atoms with Gasteiger partial charge in [0.05, 0.1) is 7.11 Å². The van der Waals surface area contributed by atoms with Gasteiger partial charge in [-0.3, -0.25) is 0 Å². The zero-order chi connectivity index (χ0) is 15.6. The highest BCUT2D eigenvalue weighted by Gasteiger charge is 2.22. The normalized spacial score (nSPS) is 15.9. The molecular weight excluding hydrogens is 288 g/mol. The molecule has 2 aromatic heterocycles. The van der Waals surface area contributed by atoms with Gasteiger partial charge < -0.3 is 14.6 Å². The average Bonchev–Trinajstić information content (AvgIpc) is 3.02. The summed E-state index contributed by atoms with van der Waals surface area (Å²) >= 11 is 0. The van der Waals surface area contributed by atoms with Crippen LogP contribution in [-0.2, 0) is 0 Å². The van der Waals surface area contributed by atoms with Crippen LogP contribution in [0, 0.1) is 0 Å². The lowest BCUT2D eigenvalue weighted by atomic mass is 10.1. The van der Waals surface area contributed by atoms with E-state index >= 15 is 0 Å². The number of pyridine rings is 1. The van der Waals surface area contributed by atoms with Crippen LogP contribution in [-0.4, -0.2) is 34.7 Å². The number of piperidine rings is 1. The Morgan fingerprint density at radius 1 is 1.17 bits per heavy atom. The van der Waals surface area contributed by atoms with Crippen LogP contribution in [0.1, 0.15) is 18.9 Å². The molecule has 5 nitrogen and oxygen atoms in total. The number of methoxy groups -OCH3 is 1. The van der Waals surface area contributed by atoms with Gasteiger partial charge in [-0.25, -0.2) is 9.97 Å². The lowest BCUT2D eigenvalue weighted by molar-refractivity contribution is 0.376. The third kappa shape index (κ3) is 2.57. The number of nitrogens with one attached hydrogen (secondary N) is 1. The Kier molecular flexibility index (Phi) is 3.71. The highest BCUT2D eigenvalue weighted by Crippen LogP contribution is 2.32. The molecule has 4 rings (SSSR count). The van der Waals surface area contributed by atoms with Crippen molar-refractivity contribution in [3.63, 3.8) is 0 Å². The number of benzene rings is 1. The van der Waals surface area contributed by atoms with Crippen molar-refractivity contribution in [3.05, 3.63) is 42.6 Å². The first kappa shape index (κ1) is 14.2. The Morgan fingerprint density at radius 3 is 2.87 bits per heavy atom. The Labute approximate surface area is 135 Å². The second-order valence-corrected chi connectivity index (χ2v) is 5.86. The van der Waals surface area contributed by atoms with Crippen molar-refractivity contribution in [1.82, 2.24) is 19.9 Å². The van der Waals surface area contributed by atoms with Crippen LogP contribution in [0.5, 0.6) is 5.75 Å².